The number of thiophene rings is 1. The molecule has 1 N–H and O–H groups in total. The molecule has 1 aliphatic rings. The van der Waals surface area contributed by atoms with Crippen LogP contribution in [0.5, 0.6) is 0 Å². The van der Waals surface area contributed by atoms with Crippen LogP contribution in [0.15, 0.2) is 35.4 Å². The zero-order chi connectivity index (χ0) is 19.8. The number of carbonyl (C=O) groups is 1. The quantitative estimate of drug-likeness (QED) is 0.714. The molecule has 2 heterocycles. The summed E-state index contributed by atoms with van der Waals surface area (Å²) >= 11 is 1.63. The van der Waals surface area contributed by atoms with Gasteiger partial charge in [0.05, 0.1) is 11.7 Å². The first-order chi connectivity index (χ1) is 13.4. The van der Waals surface area contributed by atoms with Gasteiger partial charge in [-0.2, -0.15) is 0 Å². The minimum Gasteiger partial charge on any atom is -0.325 e. The highest BCUT2D eigenvalue weighted by molar-refractivity contribution is 7.18. The monoisotopic (exact) mass is 395 g/mol. The van der Waals surface area contributed by atoms with Crippen LogP contribution < -0.4 is 10.9 Å². The number of nitrogens with one attached hydrogen (secondary N) is 1. The highest BCUT2D eigenvalue weighted by atomic mass is 32.1. The molecule has 0 saturated heterocycles. The van der Waals surface area contributed by atoms with Crippen molar-refractivity contribution >= 4 is 33.1 Å². The smallest absolute Gasteiger partial charge is 0.262 e. The van der Waals surface area contributed by atoms with E-state index in [1.807, 2.05) is 24.3 Å². The van der Waals surface area contributed by atoms with Gasteiger partial charge in [0.2, 0.25) is 5.91 Å². The van der Waals surface area contributed by atoms with Crippen molar-refractivity contribution in [3.63, 3.8) is 0 Å². The summed E-state index contributed by atoms with van der Waals surface area (Å²) in [5.74, 6) is 0.870. The van der Waals surface area contributed by atoms with Crippen LogP contribution in [0.1, 0.15) is 49.1 Å². The van der Waals surface area contributed by atoms with E-state index in [1.54, 1.807) is 11.3 Å². The van der Waals surface area contributed by atoms with Crippen molar-refractivity contribution in [1.82, 2.24) is 9.55 Å². The maximum absolute atomic E-state index is 13.0. The van der Waals surface area contributed by atoms with Crippen molar-refractivity contribution < 1.29 is 4.79 Å². The summed E-state index contributed by atoms with van der Waals surface area (Å²) in [7, 11) is 0. The minimum absolute atomic E-state index is 0.0330. The lowest BCUT2D eigenvalue weighted by Crippen LogP contribution is -2.28. The van der Waals surface area contributed by atoms with Crippen molar-refractivity contribution in [1.29, 1.82) is 0 Å². The van der Waals surface area contributed by atoms with Gasteiger partial charge in [-0.05, 0) is 54.4 Å². The lowest BCUT2D eigenvalue weighted by molar-refractivity contribution is -0.116. The van der Waals surface area contributed by atoms with E-state index in [2.05, 4.69) is 31.1 Å². The van der Waals surface area contributed by atoms with Crippen LogP contribution >= 0.6 is 11.3 Å². The summed E-state index contributed by atoms with van der Waals surface area (Å²) in [4.78, 5) is 32.0. The fraction of sp³-hybridized carbons (Fsp3) is 0.409. The van der Waals surface area contributed by atoms with Crippen molar-refractivity contribution in [2.24, 2.45) is 5.92 Å². The zero-order valence-corrected chi connectivity index (χ0v) is 17.3. The highest BCUT2D eigenvalue weighted by Gasteiger charge is 2.23. The number of rotatable bonds is 4. The molecule has 1 atom stereocenters. The average molecular weight is 396 g/mol. The number of amides is 1. The van der Waals surface area contributed by atoms with Gasteiger partial charge in [0.15, 0.2) is 0 Å². The molecular weight excluding hydrogens is 370 g/mol. The van der Waals surface area contributed by atoms with Gasteiger partial charge in [0, 0.05) is 10.6 Å². The number of fused-ring (bicyclic) bond motifs is 3. The van der Waals surface area contributed by atoms with Crippen LogP contribution in [0.2, 0.25) is 0 Å². The van der Waals surface area contributed by atoms with Gasteiger partial charge in [-0.3, -0.25) is 14.2 Å². The van der Waals surface area contributed by atoms with E-state index in [9.17, 15) is 9.59 Å². The van der Waals surface area contributed by atoms with Crippen molar-refractivity contribution in [2.45, 2.75) is 52.5 Å². The number of carbonyl (C=O) groups excluding carboxylic acids is 1. The number of aromatic nitrogens is 2. The Morgan fingerprint density at radius 3 is 2.79 bits per heavy atom. The zero-order valence-electron chi connectivity index (χ0n) is 16.5. The third kappa shape index (κ3) is 3.61. The average Bonchev–Trinajstić information content (AvgIpc) is 3.02. The Hall–Kier alpha value is -2.47. The Balaban J connectivity index is 1.55. The second-order valence-corrected chi connectivity index (χ2v) is 9.12. The van der Waals surface area contributed by atoms with Crippen LogP contribution in [0.3, 0.4) is 0 Å². The van der Waals surface area contributed by atoms with Gasteiger partial charge in [-0.15, -0.1) is 11.3 Å². The van der Waals surface area contributed by atoms with Crippen molar-refractivity contribution in [2.75, 3.05) is 5.32 Å². The molecule has 1 amide bonds. The Labute approximate surface area is 168 Å². The van der Waals surface area contributed by atoms with E-state index >= 15 is 0 Å². The molecule has 0 bridgehead atoms. The number of hydrogen-bond donors (Lipinski definition) is 1. The predicted molar refractivity (Wildman–Crippen MR) is 114 cm³/mol. The van der Waals surface area contributed by atoms with Crippen LogP contribution in [0.4, 0.5) is 5.69 Å². The fourth-order valence-corrected chi connectivity index (χ4v) is 5.13. The number of aryl methyl sites for hydroxylation is 1. The number of nitrogens with zero attached hydrogens (tertiary/aromatic N) is 2. The third-order valence-electron chi connectivity index (χ3n) is 5.46. The number of anilines is 1. The van der Waals surface area contributed by atoms with Crippen LogP contribution in [0.25, 0.3) is 10.2 Å². The van der Waals surface area contributed by atoms with Gasteiger partial charge in [0.1, 0.15) is 11.4 Å². The van der Waals surface area contributed by atoms with E-state index in [0.717, 1.165) is 35.3 Å². The summed E-state index contributed by atoms with van der Waals surface area (Å²) in [5, 5.41) is 3.58. The molecular formula is C22H25N3O2S. The molecule has 0 aliphatic heterocycles. The first kappa shape index (κ1) is 18.9. The normalized spacial score (nSPS) is 16.4. The van der Waals surface area contributed by atoms with Crippen molar-refractivity contribution in [3.05, 3.63) is 57.0 Å². The van der Waals surface area contributed by atoms with Crippen LogP contribution in [-0.2, 0) is 24.2 Å². The Kier molecular flexibility index (Phi) is 5.06. The summed E-state index contributed by atoms with van der Waals surface area (Å²) in [5.41, 5.74) is 3.00. The van der Waals surface area contributed by atoms with Gasteiger partial charge >= 0.3 is 0 Å². The Morgan fingerprint density at radius 1 is 1.32 bits per heavy atom. The molecule has 0 saturated carbocycles. The SMILES string of the molecule is CC1CCc2c(sc3ncn(CC(=O)Nc4ccc(C(C)C)cc4)c(=O)c23)C1. The molecule has 1 aliphatic carbocycles. The molecule has 5 nitrogen and oxygen atoms in total. The molecule has 0 fully saturated rings. The molecule has 2 aromatic heterocycles. The molecule has 6 heteroatoms. The molecule has 146 valence electrons. The fourth-order valence-electron chi connectivity index (χ4n) is 3.79. The predicted octanol–water partition coefficient (Wildman–Crippen LogP) is 4.34. The van der Waals surface area contributed by atoms with E-state index < -0.39 is 0 Å². The van der Waals surface area contributed by atoms with E-state index in [1.165, 1.54) is 21.3 Å². The Morgan fingerprint density at radius 2 is 2.07 bits per heavy atom. The molecule has 4 rings (SSSR count). The van der Waals surface area contributed by atoms with Crippen LogP contribution in [-0.4, -0.2) is 15.5 Å². The maximum Gasteiger partial charge on any atom is 0.262 e. The first-order valence-corrected chi connectivity index (χ1v) is 10.6. The lowest BCUT2D eigenvalue weighted by atomic mass is 9.89. The summed E-state index contributed by atoms with van der Waals surface area (Å²) in [6.45, 7) is 6.48. The molecule has 0 spiro atoms. The largest absolute Gasteiger partial charge is 0.325 e. The van der Waals surface area contributed by atoms with Gasteiger partial charge in [0.25, 0.3) is 5.56 Å². The summed E-state index contributed by atoms with van der Waals surface area (Å²) < 4.78 is 1.42. The van der Waals surface area contributed by atoms with E-state index in [-0.39, 0.29) is 18.0 Å². The molecule has 28 heavy (non-hydrogen) atoms. The molecule has 3 aromatic rings. The molecule has 1 unspecified atom stereocenters. The number of hydrogen-bond acceptors (Lipinski definition) is 4. The first-order valence-electron chi connectivity index (χ1n) is 9.82. The van der Waals surface area contributed by atoms with Gasteiger partial charge < -0.3 is 5.32 Å². The lowest BCUT2D eigenvalue weighted by Gasteiger charge is -2.17. The second kappa shape index (κ2) is 7.51. The van der Waals surface area contributed by atoms with Gasteiger partial charge in [-0.25, -0.2) is 4.98 Å². The third-order valence-corrected chi connectivity index (χ3v) is 6.62. The topological polar surface area (TPSA) is 64.0 Å². The van der Waals surface area contributed by atoms with E-state index in [4.69, 9.17) is 0 Å². The standard InChI is InChI=1S/C22H25N3O2S/c1-13(2)15-5-7-16(8-6-15)24-19(26)11-25-12-23-21-20(22(25)27)17-9-4-14(3)10-18(17)28-21/h5-8,12-14H,4,9-11H2,1-3H3,(H,24,26). The van der Waals surface area contributed by atoms with Crippen LogP contribution in [0, 0.1) is 5.92 Å². The summed E-state index contributed by atoms with van der Waals surface area (Å²) in [6.07, 6.45) is 4.53. The Bertz CT molecular complexity index is 1080. The second-order valence-electron chi connectivity index (χ2n) is 8.03. The summed E-state index contributed by atoms with van der Waals surface area (Å²) in [6, 6.07) is 7.82. The van der Waals surface area contributed by atoms with Gasteiger partial charge in [-0.1, -0.05) is 32.9 Å². The maximum atomic E-state index is 13.0. The molecule has 1 aromatic carbocycles. The highest BCUT2D eigenvalue weighted by Crippen LogP contribution is 2.35. The minimum atomic E-state index is -0.224. The van der Waals surface area contributed by atoms with E-state index in [0.29, 0.717) is 17.2 Å². The van der Waals surface area contributed by atoms with Crippen molar-refractivity contribution in [3.8, 4) is 0 Å². The number of benzene rings is 1. The molecule has 0 radical (unpaired) electrons.